The molecule has 4 heterocycles. The van der Waals surface area contributed by atoms with Crippen molar-refractivity contribution in [3.63, 3.8) is 0 Å². The topological polar surface area (TPSA) is 71.8 Å². The van der Waals surface area contributed by atoms with E-state index >= 15 is 0 Å². The number of hydrogen-bond donors (Lipinski definition) is 1. The minimum absolute atomic E-state index is 0.208. The highest BCUT2D eigenvalue weighted by Crippen LogP contribution is 2.41. The van der Waals surface area contributed by atoms with Gasteiger partial charge < -0.3 is 10.2 Å². The number of nitrogens with zero attached hydrogens (tertiary/aromatic N) is 6. The van der Waals surface area contributed by atoms with E-state index in [0.29, 0.717) is 28.5 Å². The van der Waals surface area contributed by atoms with Gasteiger partial charge in [-0.2, -0.15) is 23.3 Å². The summed E-state index contributed by atoms with van der Waals surface area (Å²) in [5.41, 5.74) is 1.01. The lowest BCUT2D eigenvalue weighted by molar-refractivity contribution is -0.137. The molecular formula is C25H27ClF3N7. The van der Waals surface area contributed by atoms with E-state index in [4.69, 9.17) is 21.7 Å². The Morgan fingerprint density at radius 2 is 1.83 bits per heavy atom. The van der Waals surface area contributed by atoms with Crippen LogP contribution in [0, 0.1) is 11.8 Å². The molecule has 11 heteroatoms. The maximum absolute atomic E-state index is 13.4. The Hall–Kier alpha value is -2.88. The molecule has 7 nitrogen and oxygen atoms in total. The Balaban J connectivity index is 1.22. The molecule has 0 radical (unpaired) electrons. The van der Waals surface area contributed by atoms with Gasteiger partial charge in [-0.05, 0) is 49.1 Å². The first kappa shape index (κ1) is 23.5. The Labute approximate surface area is 212 Å². The number of piperidine rings is 1. The number of fused-ring (bicyclic) bond motifs is 3. The van der Waals surface area contributed by atoms with Crippen molar-refractivity contribution in [2.75, 3.05) is 23.3 Å². The van der Waals surface area contributed by atoms with E-state index in [-0.39, 0.29) is 12.0 Å². The second-order valence-corrected chi connectivity index (χ2v) is 10.5. The molecule has 3 aromatic rings. The van der Waals surface area contributed by atoms with Crippen molar-refractivity contribution in [3.05, 3.63) is 58.6 Å². The van der Waals surface area contributed by atoms with Gasteiger partial charge in [-0.15, -0.1) is 10.2 Å². The van der Waals surface area contributed by atoms with Crippen LogP contribution in [0.2, 0.25) is 5.15 Å². The first-order valence-corrected chi connectivity index (χ1v) is 12.8. The number of hydrogen-bond acceptors (Lipinski definition) is 6. The van der Waals surface area contributed by atoms with Crippen LogP contribution < -0.4 is 10.2 Å². The van der Waals surface area contributed by atoms with Crippen LogP contribution in [0.4, 0.5) is 24.8 Å². The van der Waals surface area contributed by atoms with Gasteiger partial charge in [0.2, 0.25) is 5.95 Å². The van der Waals surface area contributed by atoms with Gasteiger partial charge in [0.05, 0.1) is 17.4 Å². The lowest BCUT2D eigenvalue weighted by Crippen LogP contribution is -2.48. The zero-order valence-electron chi connectivity index (χ0n) is 19.6. The van der Waals surface area contributed by atoms with Crippen LogP contribution >= 0.6 is 11.6 Å². The summed E-state index contributed by atoms with van der Waals surface area (Å²) in [6.45, 7) is 2.49. The highest BCUT2D eigenvalue weighted by atomic mass is 35.5. The molecule has 1 aliphatic carbocycles. The summed E-state index contributed by atoms with van der Waals surface area (Å²) in [7, 11) is 0. The molecule has 2 unspecified atom stereocenters. The van der Waals surface area contributed by atoms with Gasteiger partial charge in [-0.25, -0.2) is 4.68 Å². The number of aromatic nitrogens is 5. The number of halogens is 4. The largest absolute Gasteiger partial charge is 0.416 e. The third kappa shape index (κ3) is 4.51. The third-order valence-corrected chi connectivity index (χ3v) is 8.03. The molecule has 6 rings (SSSR count). The second kappa shape index (κ2) is 9.21. The average Bonchev–Trinajstić information content (AvgIpc) is 3.25. The quantitative estimate of drug-likeness (QED) is 0.501. The van der Waals surface area contributed by atoms with Crippen LogP contribution in [-0.2, 0) is 12.7 Å². The molecule has 0 amide bonds. The van der Waals surface area contributed by atoms with Crippen molar-refractivity contribution in [2.24, 2.45) is 11.8 Å². The van der Waals surface area contributed by atoms with E-state index in [1.165, 1.54) is 12.1 Å². The number of benzene rings is 1. The van der Waals surface area contributed by atoms with Crippen LogP contribution in [0.15, 0.2) is 36.5 Å². The molecular weight excluding hydrogens is 491 g/mol. The minimum atomic E-state index is -4.37. The van der Waals surface area contributed by atoms with Crippen LogP contribution in [-0.4, -0.2) is 44.1 Å². The molecule has 3 aliphatic rings. The standard InChI is InChI=1S/C25H27ClF3N7/c26-21-11-19(12-30-33-21)35-13-16-7-8-17(14-35)22(16)31-24-32-23-20(6-1-2-9-36(23)34-24)15-4-3-5-18(10-15)25(27,28)29/h3-5,10-12,16-17,20,22H,1-2,6-9,13-14H2,(H,31,34)/t16-,17?,20+,22?/m0/s1. The summed E-state index contributed by atoms with van der Waals surface area (Å²) in [6.07, 6.45) is 2.22. The summed E-state index contributed by atoms with van der Waals surface area (Å²) < 4.78 is 41.9. The predicted molar refractivity (Wildman–Crippen MR) is 130 cm³/mol. The van der Waals surface area contributed by atoms with E-state index in [0.717, 1.165) is 69.3 Å². The molecule has 4 atom stereocenters. The molecule has 36 heavy (non-hydrogen) atoms. The van der Waals surface area contributed by atoms with E-state index in [9.17, 15) is 13.2 Å². The Morgan fingerprint density at radius 1 is 1.03 bits per heavy atom. The van der Waals surface area contributed by atoms with Crippen molar-refractivity contribution < 1.29 is 13.2 Å². The lowest BCUT2D eigenvalue weighted by atomic mass is 9.92. The minimum Gasteiger partial charge on any atom is -0.369 e. The third-order valence-electron chi connectivity index (χ3n) is 7.85. The van der Waals surface area contributed by atoms with Crippen LogP contribution in [0.5, 0.6) is 0 Å². The summed E-state index contributed by atoms with van der Waals surface area (Å²) in [6, 6.07) is 7.75. The normalized spacial score (nSPS) is 25.9. The number of nitrogens with one attached hydrogen (secondary N) is 1. The molecule has 2 aliphatic heterocycles. The van der Waals surface area contributed by atoms with E-state index in [1.807, 2.05) is 10.7 Å². The summed E-state index contributed by atoms with van der Waals surface area (Å²) >= 11 is 6.05. The fourth-order valence-electron chi connectivity index (χ4n) is 6.15. The molecule has 190 valence electrons. The van der Waals surface area contributed by atoms with Gasteiger partial charge >= 0.3 is 6.18 Å². The van der Waals surface area contributed by atoms with Gasteiger partial charge in [0.1, 0.15) is 5.82 Å². The number of aryl methyl sites for hydroxylation is 1. The smallest absolute Gasteiger partial charge is 0.369 e. The van der Waals surface area contributed by atoms with Gasteiger partial charge in [-0.1, -0.05) is 36.2 Å². The highest BCUT2D eigenvalue weighted by molar-refractivity contribution is 6.29. The van der Waals surface area contributed by atoms with Crippen molar-refractivity contribution in [2.45, 2.75) is 56.8 Å². The zero-order chi connectivity index (χ0) is 24.9. The molecule has 1 N–H and O–H groups in total. The SMILES string of the molecule is FC(F)(F)c1cccc([C@H]2CCCCn3nc(NC4C5CC[C@H]4CN(c4cnnc(Cl)c4)C5)nc32)c1. The van der Waals surface area contributed by atoms with Crippen LogP contribution in [0.25, 0.3) is 0 Å². The van der Waals surface area contributed by atoms with Crippen LogP contribution in [0.3, 0.4) is 0 Å². The highest BCUT2D eigenvalue weighted by Gasteiger charge is 2.43. The summed E-state index contributed by atoms with van der Waals surface area (Å²) in [5, 5.41) is 16.6. The fourth-order valence-corrected chi connectivity index (χ4v) is 6.30. The van der Waals surface area contributed by atoms with Gasteiger partial charge in [0.25, 0.3) is 0 Å². The molecule has 1 aromatic carbocycles. The summed E-state index contributed by atoms with van der Waals surface area (Å²) in [5.74, 6) is 1.97. The predicted octanol–water partition coefficient (Wildman–Crippen LogP) is 5.38. The van der Waals surface area contributed by atoms with Gasteiger partial charge in [0, 0.05) is 37.7 Å². The van der Waals surface area contributed by atoms with Crippen molar-refractivity contribution in [1.29, 1.82) is 0 Å². The Morgan fingerprint density at radius 3 is 2.58 bits per heavy atom. The first-order chi connectivity index (χ1) is 17.3. The first-order valence-electron chi connectivity index (χ1n) is 12.5. The van der Waals surface area contributed by atoms with Crippen molar-refractivity contribution >= 4 is 23.2 Å². The molecule has 1 saturated carbocycles. The maximum atomic E-state index is 13.4. The van der Waals surface area contributed by atoms with E-state index in [1.54, 1.807) is 12.3 Å². The average molecular weight is 518 g/mol. The second-order valence-electron chi connectivity index (χ2n) is 10.1. The number of alkyl halides is 3. The summed E-state index contributed by atoms with van der Waals surface area (Å²) in [4.78, 5) is 7.17. The molecule has 0 spiro atoms. The van der Waals surface area contributed by atoms with Crippen LogP contribution in [0.1, 0.15) is 55.0 Å². The van der Waals surface area contributed by atoms with Crippen molar-refractivity contribution in [1.82, 2.24) is 25.0 Å². The molecule has 2 aromatic heterocycles. The molecule has 2 bridgehead atoms. The van der Waals surface area contributed by atoms with E-state index in [2.05, 4.69) is 20.4 Å². The molecule has 2 fully saturated rings. The lowest BCUT2D eigenvalue weighted by Gasteiger charge is -2.39. The fraction of sp³-hybridized carbons (Fsp3) is 0.520. The maximum Gasteiger partial charge on any atom is 0.416 e. The Kier molecular flexibility index (Phi) is 6.02. The zero-order valence-corrected chi connectivity index (χ0v) is 20.4. The van der Waals surface area contributed by atoms with Gasteiger partial charge in [0.15, 0.2) is 5.15 Å². The number of rotatable bonds is 4. The monoisotopic (exact) mass is 517 g/mol. The van der Waals surface area contributed by atoms with E-state index < -0.39 is 11.7 Å². The molecule has 1 saturated heterocycles. The van der Waals surface area contributed by atoms with Gasteiger partial charge in [-0.3, -0.25) is 0 Å². The van der Waals surface area contributed by atoms with Crippen molar-refractivity contribution in [3.8, 4) is 0 Å². The Bertz CT molecular complexity index is 1230. The number of anilines is 2.